The van der Waals surface area contributed by atoms with Crippen molar-refractivity contribution in [3.05, 3.63) is 64.5 Å². The number of carbonyl (C=O) groups is 2. The van der Waals surface area contributed by atoms with Crippen LogP contribution in [0.25, 0.3) is 0 Å². The van der Waals surface area contributed by atoms with Crippen molar-refractivity contribution in [2.75, 3.05) is 29.0 Å². The number of rotatable bonds is 5. The van der Waals surface area contributed by atoms with Crippen LogP contribution in [0.3, 0.4) is 0 Å². The van der Waals surface area contributed by atoms with Gasteiger partial charge in [0.2, 0.25) is 5.78 Å². The second-order valence-corrected chi connectivity index (χ2v) is 11.3. The first-order chi connectivity index (χ1) is 17.8. The highest BCUT2D eigenvalue weighted by Crippen LogP contribution is 2.32. The maximum absolute atomic E-state index is 14.1. The van der Waals surface area contributed by atoms with Crippen molar-refractivity contribution in [1.82, 2.24) is 9.88 Å². The number of aromatic nitrogens is 1. The number of carbonyl (C=O) groups excluding carboxylic acids is 2. The maximum Gasteiger partial charge on any atom is 0.410 e. The fraction of sp³-hybridized carbons (Fsp3) is 0.370. The molecule has 0 unspecified atom stereocenters. The van der Waals surface area contributed by atoms with E-state index in [1.165, 1.54) is 6.07 Å². The monoisotopic (exact) mass is 543 g/mol. The fourth-order valence-corrected chi connectivity index (χ4v) is 5.31. The molecular weight excluding hydrogens is 512 g/mol. The van der Waals surface area contributed by atoms with Crippen LogP contribution in [-0.4, -0.2) is 52.5 Å². The largest absolute Gasteiger partial charge is 0.444 e. The van der Waals surface area contributed by atoms with Crippen molar-refractivity contribution in [3.8, 4) is 0 Å². The maximum atomic E-state index is 14.1. The zero-order valence-electron chi connectivity index (χ0n) is 21.9. The molecule has 2 heterocycles. The molecule has 1 aromatic heterocycles. The molecule has 0 saturated carbocycles. The molecule has 3 N–H and O–H groups in total. The van der Waals surface area contributed by atoms with E-state index >= 15 is 0 Å². The van der Waals surface area contributed by atoms with Gasteiger partial charge >= 0.3 is 6.09 Å². The van der Waals surface area contributed by atoms with Crippen LogP contribution < -0.4 is 16.0 Å². The number of nitrogens with two attached hydrogens (primary N) is 1. The quantitative estimate of drug-likeness (QED) is 0.392. The lowest BCUT2D eigenvalue weighted by Crippen LogP contribution is -2.59. The van der Waals surface area contributed by atoms with Crippen LogP contribution in [0.5, 0.6) is 0 Å². The lowest BCUT2D eigenvalue weighted by atomic mass is 10.1. The first-order valence-corrected chi connectivity index (χ1v) is 13.0. The average Bonchev–Trinajstić information content (AvgIpc) is 3.17. The number of ketones is 1. The van der Waals surface area contributed by atoms with Crippen molar-refractivity contribution in [2.24, 2.45) is 0 Å². The Hall–Kier alpha value is -3.73. The van der Waals surface area contributed by atoms with Crippen molar-refractivity contribution in [1.29, 1.82) is 0 Å². The zero-order chi connectivity index (χ0) is 27.8. The van der Waals surface area contributed by atoms with E-state index in [0.717, 1.165) is 29.2 Å². The molecule has 0 bridgehead atoms. The molecular formula is C27H31F2N5O3S. The highest BCUT2D eigenvalue weighted by atomic mass is 32.1. The number of halogens is 2. The summed E-state index contributed by atoms with van der Waals surface area (Å²) in [6.07, 6.45) is -0.310. The Morgan fingerprint density at radius 2 is 1.63 bits per heavy atom. The van der Waals surface area contributed by atoms with E-state index in [2.05, 4.69) is 15.2 Å². The normalized spacial score (nSPS) is 17.9. The SMILES string of the molecule is C[C@@H]1CN(c2ccc(Nc3nc(N)c(C(=O)c4c(F)cccc4F)s3)cc2)C[C@H](C)N1C(=O)OC(C)(C)C. The molecule has 38 heavy (non-hydrogen) atoms. The van der Waals surface area contributed by atoms with E-state index in [-0.39, 0.29) is 28.9 Å². The summed E-state index contributed by atoms with van der Waals surface area (Å²) in [6, 6.07) is 10.8. The van der Waals surface area contributed by atoms with Gasteiger partial charge in [-0.15, -0.1) is 0 Å². The van der Waals surface area contributed by atoms with Gasteiger partial charge in [0.15, 0.2) is 5.13 Å². The highest BCUT2D eigenvalue weighted by Gasteiger charge is 2.35. The lowest BCUT2D eigenvalue weighted by Gasteiger charge is -2.45. The first kappa shape index (κ1) is 27.3. The van der Waals surface area contributed by atoms with E-state index in [1.807, 2.05) is 58.9 Å². The van der Waals surface area contributed by atoms with Gasteiger partial charge in [0.05, 0.1) is 17.6 Å². The first-order valence-electron chi connectivity index (χ1n) is 12.2. The molecule has 8 nitrogen and oxygen atoms in total. The van der Waals surface area contributed by atoms with Crippen LogP contribution in [0.15, 0.2) is 42.5 Å². The summed E-state index contributed by atoms with van der Waals surface area (Å²) in [4.78, 5) is 33.5. The van der Waals surface area contributed by atoms with Crippen molar-refractivity contribution in [3.63, 3.8) is 0 Å². The van der Waals surface area contributed by atoms with Crippen LogP contribution >= 0.6 is 11.3 Å². The Labute approximate surface area is 224 Å². The molecule has 0 spiro atoms. The van der Waals surface area contributed by atoms with Gasteiger partial charge in [0.25, 0.3) is 0 Å². The van der Waals surface area contributed by atoms with Gasteiger partial charge in [-0.3, -0.25) is 9.69 Å². The number of thiazole rings is 1. The summed E-state index contributed by atoms with van der Waals surface area (Å²) < 4.78 is 33.7. The van der Waals surface area contributed by atoms with E-state index in [9.17, 15) is 18.4 Å². The third-order valence-corrected chi connectivity index (χ3v) is 7.04. The van der Waals surface area contributed by atoms with Crippen molar-refractivity contribution in [2.45, 2.75) is 52.3 Å². The van der Waals surface area contributed by atoms with Crippen molar-refractivity contribution >= 4 is 45.5 Å². The van der Waals surface area contributed by atoms with Gasteiger partial charge in [0.1, 0.15) is 27.9 Å². The zero-order valence-corrected chi connectivity index (χ0v) is 22.7. The third kappa shape index (κ3) is 5.88. The minimum absolute atomic E-state index is 0.0417. The van der Waals surface area contributed by atoms with E-state index in [1.54, 1.807) is 4.90 Å². The molecule has 2 atom stereocenters. The summed E-state index contributed by atoms with van der Waals surface area (Å²) in [5.41, 5.74) is 6.37. The standard InChI is InChI=1S/C27H31F2N5O3S/c1-15-13-33(14-16(2)34(15)26(36)37-27(3,4)5)18-11-9-17(10-12-18)31-25-32-24(30)23(38-25)22(35)21-19(28)7-6-8-20(21)29/h6-12,15-16H,13-14,30H2,1-5H3,(H,31,32)/t15-,16+. The van der Waals surface area contributed by atoms with Gasteiger partial charge in [-0.1, -0.05) is 17.4 Å². The molecule has 4 rings (SSSR count). The molecule has 0 radical (unpaired) electrons. The number of benzene rings is 2. The fourth-order valence-electron chi connectivity index (χ4n) is 4.46. The topological polar surface area (TPSA) is 101 Å². The number of piperazine rings is 1. The lowest BCUT2D eigenvalue weighted by molar-refractivity contribution is 0.00565. The summed E-state index contributed by atoms with van der Waals surface area (Å²) in [5, 5.41) is 3.41. The molecule has 1 aliphatic rings. The van der Waals surface area contributed by atoms with Gasteiger partial charge in [-0.25, -0.2) is 18.6 Å². The molecule has 202 valence electrons. The van der Waals surface area contributed by atoms with E-state index in [4.69, 9.17) is 10.5 Å². The van der Waals surface area contributed by atoms with Gasteiger partial charge in [0, 0.05) is 24.5 Å². The van der Waals surface area contributed by atoms with Crippen LogP contribution in [0.4, 0.5) is 35.9 Å². The highest BCUT2D eigenvalue weighted by molar-refractivity contribution is 7.18. The van der Waals surface area contributed by atoms with Crippen LogP contribution in [-0.2, 0) is 4.74 Å². The smallest absolute Gasteiger partial charge is 0.410 e. The predicted octanol–water partition coefficient (Wildman–Crippen LogP) is 5.81. The number of ether oxygens (including phenoxy) is 1. The summed E-state index contributed by atoms with van der Waals surface area (Å²) in [5.74, 6) is -2.87. The second-order valence-electron chi connectivity index (χ2n) is 10.3. The van der Waals surface area contributed by atoms with Gasteiger partial charge in [-0.05, 0) is 71.0 Å². The molecule has 2 aromatic carbocycles. The Morgan fingerprint density at radius 1 is 1.05 bits per heavy atom. The van der Waals surface area contributed by atoms with Gasteiger partial charge in [-0.2, -0.15) is 0 Å². The van der Waals surface area contributed by atoms with E-state index < -0.39 is 28.6 Å². The van der Waals surface area contributed by atoms with Crippen molar-refractivity contribution < 1.29 is 23.1 Å². The molecule has 3 aromatic rings. The van der Waals surface area contributed by atoms with Crippen LogP contribution in [0.2, 0.25) is 0 Å². The minimum atomic E-state index is -0.955. The van der Waals surface area contributed by atoms with Crippen LogP contribution in [0, 0.1) is 11.6 Å². The molecule has 0 aliphatic carbocycles. The summed E-state index contributed by atoms with van der Waals surface area (Å²) >= 11 is 0.924. The van der Waals surface area contributed by atoms with Gasteiger partial charge < -0.3 is 20.7 Å². The molecule has 1 saturated heterocycles. The van der Waals surface area contributed by atoms with Crippen LogP contribution in [0.1, 0.15) is 49.9 Å². The second kappa shape index (κ2) is 10.6. The Morgan fingerprint density at radius 3 is 2.18 bits per heavy atom. The number of nitrogen functional groups attached to an aromatic ring is 1. The predicted molar refractivity (Wildman–Crippen MR) is 145 cm³/mol. The molecule has 11 heteroatoms. The Kier molecular flexibility index (Phi) is 7.59. The third-order valence-electron chi connectivity index (χ3n) is 6.06. The average molecular weight is 544 g/mol. The number of nitrogens with one attached hydrogen (secondary N) is 1. The summed E-state index contributed by atoms with van der Waals surface area (Å²) in [6.45, 7) is 10.9. The summed E-state index contributed by atoms with van der Waals surface area (Å²) in [7, 11) is 0. The Balaban J connectivity index is 1.43. The Bertz CT molecular complexity index is 1310. The van der Waals surface area contributed by atoms with E-state index in [0.29, 0.717) is 23.9 Å². The number of hydrogen-bond acceptors (Lipinski definition) is 8. The number of nitrogens with zero attached hydrogens (tertiary/aromatic N) is 3. The minimum Gasteiger partial charge on any atom is -0.444 e. The molecule has 1 aliphatic heterocycles. The number of hydrogen-bond donors (Lipinski definition) is 2. The number of anilines is 4. The molecule has 1 fully saturated rings. The molecule has 1 amide bonds. The number of amides is 1.